The third kappa shape index (κ3) is 3.19. The number of nitrogens with zero attached hydrogens (tertiary/aromatic N) is 7. The second kappa shape index (κ2) is 7.28. The minimum Gasteiger partial charge on any atom is -0.384 e. The van der Waals surface area contributed by atoms with Crippen molar-refractivity contribution >= 4 is 33.7 Å². The first-order chi connectivity index (χ1) is 15.6. The Morgan fingerprint density at radius 2 is 1.88 bits per heavy atom. The Labute approximate surface area is 185 Å². The lowest BCUT2D eigenvalue weighted by molar-refractivity contribution is -0.0875. The number of anilines is 3. The maximum Gasteiger partial charge on any atom is 0.184 e. The van der Waals surface area contributed by atoms with Crippen molar-refractivity contribution in [3.8, 4) is 11.4 Å². The molecule has 2 atom stereocenters. The molecule has 0 radical (unpaired) electrons. The molecule has 2 unspecified atom stereocenters. The van der Waals surface area contributed by atoms with Crippen LogP contribution in [-0.4, -0.2) is 81.9 Å². The van der Waals surface area contributed by atoms with E-state index in [0.29, 0.717) is 11.6 Å². The highest BCUT2D eigenvalue weighted by Gasteiger charge is 2.33. The number of nitrogen functional groups attached to an aromatic ring is 1. The van der Waals surface area contributed by atoms with Gasteiger partial charge in [-0.1, -0.05) is 0 Å². The summed E-state index contributed by atoms with van der Waals surface area (Å²) in [6, 6.07) is 5.96. The van der Waals surface area contributed by atoms with Crippen LogP contribution in [0.2, 0.25) is 0 Å². The van der Waals surface area contributed by atoms with Gasteiger partial charge in [0.1, 0.15) is 11.6 Å². The van der Waals surface area contributed by atoms with E-state index >= 15 is 0 Å². The van der Waals surface area contributed by atoms with E-state index in [1.165, 1.54) is 0 Å². The number of nitrogens with two attached hydrogens (primary N) is 1. The predicted molar refractivity (Wildman–Crippen MR) is 124 cm³/mol. The molecule has 2 fully saturated rings. The summed E-state index contributed by atoms with van der Waals surface area (Å²) in [4.78, 5) is 18.2. The average Bonchev–Trinajstić information content (AvgIpc) is 3.20. The van der Waals surface area contributed by atoms with E-state index in [1.54, 1.807) is 12.4 Å². The molecule has 3 N–H and O–H groups in total. The highest BCUT2D eigenvalue weighted by Crippen LogP contribution is 2.31. The molecule has 6 rings (SSSR count). The van der Waals surface area contributed by atoms with Crippen LogP contribution >= 0.6 is 0 Å². The molecule has 164 valence electrons. The molecule has 0 saturated carbocycles. The summed E-state index contributed by atoms with van der Waals surface area (Å²) in [7, 11) is 3.99. The van der Waals surface area contributed by atoms with Crippen molar-refractivity contribution in [2.45, 2.75) is 12.2 Å². The monoisotopic (exact) mass is 431 g/mol. The maximum absolute atomic E-state index is 6.12. The van der Waals surface area contributed by atoms with E-state index < -0.39 is 0 Å². The normalized spacial score (nSPS) is 21.4. The molecule has 0 aliphatic carbocycles. The van der Waals surface area contributed by atoms with Crippen LogP contribution in [-0.2, 0) is 4.74 Å². The van der Waals surface area contributed by atoms with Crippen LogP contribution in [0.1, 0.15) is 0 Å². The summed E-state index contributed by atoms with van der Waals surface area (Å²) < 4.78 is 7.96. The fourth-order valence-corrected chi connectivity index (χ4v) is 4.81. The topological polar surface area (TPSA) is 110 Å². The number of aromatic nitrogens is 5. The van der Waals surface area contributed by atoms with Crippen molar-refractivity contribution in [2.24, 2.45) is 0 Å². The summed E-state index contributed by atoms with van der Waals surface area (Å²) in [6.07, 6.45) is 6.02. The number of ether oxygens (including phenoxy) is 1. The number of hydrogen-bond donors (Lipinski definition) is 2. The van der Waals surface area contributed by atoms with E-state index in [0.717, 1.165) is 59.7 Å². The molecule has 4 aromatic rings. The molecule has 10 heteroatoms. The first kappa shape index (κ1) is 19.2. The van der Waals surface area contributed by atoms with Gasteiger partial charge in [0.05, 0.1) is 24.1 Å². The van der Waals surface area contributed by atoms with Gasteiger partial charge >= 0.3 is 0 Å². The first-order valence-electron chi connectivity index (χ1n) is 10.7. The van der Waals surface area contributed by atoms with Crippen LogP contribution in [0.25, 0.3) is 27.8 Å². The molecular formula is C22H25N9O. The average molecular weight is 432 g/mol. The Morgan fingerprint density at radius 3 is 2.66 bits per heavy atom. The largest absolute Gasteiger partial charge is 0.384 e. The molecule has 10 nitrogen and oxygen atoms in total. The lowest BCUT2D eigenvalue weighted by atomic mass is 10.1. The molecule has 2 saturated heterocycles. The summed E-state index contributed by atoms with van der Waals surface area (Å²) in [5.74, 6) is 1.79. The Balaban J connectivity index is 1.38. The van der Waals surface area contributed by atoms with Crippen LogP contribution in [0.3, 0.4) is 0 Å². The minimum absolute atomic E-state index is 0.233. The van der Waals surface area contributed by atoms with Gasteiger partial charge in [-0.15, -0.1) is 5.10 Å². The van der Waals surface area contributed by atoms with Gasteiger partial charge in [0.25, 0.3) is 0 Å². The van der Waals surface area contributed by atoms with Crippen molar-refractivity contribution < 1.29 is 4.74 Å². The van der Waals surface area contributed by atoms with Crippen LogP contribution in [0.15, 0.2) is 36.8 Å². The molecule has 32 heavy (non-hydrogen) atoms. The lowest BCUT2D eigenvalue weighted by Gasteiger charge is -2.45. The third-order valence-corrected chi connectivity index (χ3v) is 6.21. The molecule has 4 aromatic heterocycles. The van der Waals surface area contributed by atoms with Gasteiger partial charge in [0, 0.05) is 62.0 Å². The number of fused-ring (bicyclic) bond motifs is 4. The molecule has 2 aliphatic rings. The molecule has 0 amide bonds. The number of pyridine rings is 3. The standard InChI is InChI=1S/C22H25N9O/c1-24-21-17-6-25-19(23)5-16(17)18(7-26-21)22-27-20-4-3-13(8-31(20)28-22)30-11-14-9-29(2)10-15(12-30)32-14/h3-8,14-15H,9-12H2,1-2H3,(H2,23,25)(H,24,26). The maximum atomic E-state index is 6.12. The van der Waals surface area contributed by atoms with Gasteiger partial charge in [-0.3, -0.25) is 0 Å². The molecule has 2 bridgehead atoms. The fourth-order valence-electron chi connectivity index (χ4n) is 4.81. The smallest absolute Gasteiger partial charge is 0.184 e. The SMILES string of the molecule is CNc1ncc(-c2nc3ccc(N4CC5CN(C)CC(C4)O5)cn3n2)c2cc(N)ncc12. The second-order valence-electron chi connectivity index (χ2n) is 8.56. The van der Waals surface area contributed by atoms with E-state index in [4.69, 9.17) is 20.6 Å². The number of likely N-dealkylation sites (N-methyl/N-ethyl adjacent to an activating group) is 1. The van der Waals surface area contributed by atoms with Crippen molar-refractivity contribution in [3.05, 3.63) is 36.8 Å². The van der Waals surface area contributed by atoms with Crippen molar-refractivity contribution in [1.29, 1.82) is 0 Å². The van der Waals surface area contributed by atoms with Gasteiger partial charge in [-0.25, -0.2) is 19.5 Å². The van der Waals surface area contributed by atoms with Gasteiger partial charge in [-0.2, -0.15) is 0 Å². The van der Waals surface area contributed by atoms with Crippen LogP contribution in [0, 0.1) is 0 Å². The Kier molecular flexibility index (Phi) is 4.37. The van der Waals surface area contributed by atoms with E-state index in [9.17, 15) is 0 Å². The zero-order chi connectivity index (χ0) is 21.8. The fraction of sp³-hybridized carbons (Fsp3) is 0.364. The number of morpholine rings is 2. The lowest BCUT2D eigenvalue weighted by Crippen LogP contribution is -2.58. The highest BCUT2D eigenvalue weighted by molar-refractivity contribution is 6.01. The Morgan fingerprint density at radius 1 is 1.06 bits per heavy atom. The summed E-state index contributed by atoms with van der Waals surface area (Å²) >= 11 is 0. The van der Waals surface area contributed by atoms with Gasteiger partial charge in [0.2, 0.25) is 0 Å². The van der Waals surface area contributed by atoms with Gasteiger partial charge in [0.15, 0.2) is 11.5 Å². The minimum atomic E-state index is 0.233. The molecule has 2 aliphatic heterocycles. The van der Waals surface area contributed by atoms with E-state index in [2.05, 4.69) is 38.2 Å². The molecule has 0 spiro atoms. The summed E-state index contributed by atoms with van der Waals surface area (Å²) in [5, 5.41) is 9.67. The van der Waals surface area contributed by atoms with Crippen LogP contribution in [0.5, 0.6) is 0 Å². The molecule has 6 heterocycles. The quantitative estimate of drug-likeness (QED) is 0.498. The number of nitrogens with one attached hydrogen (secondary N) is 1. The number of hydrogen-bond acceptors (Lipinski definition) is 9. The third-order valence-electron chi connectivity index (χ3n) is 6.21. The van der Waals surface area contributed by atoms with E-state index in [1.807, 2.05) is 29.9 Å². The second-order valence-corrected chi connectivity index (χ2v) is 8.56. The van der Waals surface area contributed by atoms with Crippen molar-refractivity contribution in [1.82, 2.24) is 29.5 Å². The Hall–Kier alpha value is -3.50. The predicted octanol–water partition coefficient (Wildman–Crippen LogP) is 1.48. The van der Waals surface area contributed by atoms with E-state index in [-0.39, 0.29) is 12.2 Å². The van der Waals surface area contributed by atoms with Crippen molar-refractivity contribution in [3.63, 3.8) is 0 Å². The van der Waals surface area contributed by atoms with Crippen LogP contribution < -0.4 is 16.0 Å². The van der Waals surface area contributed by atoms with Gasteiger partial charge < -0.3 is 25.6 Å². The zero-order valence-corrected chi connectivity index (χ0v) is 18.1. The van der Waals surface area contributed by atoms with Crippen molar-refractivity contribution in [2.75, 3.05) is 56.2 Å². The van der Waals surface area contributed by atoms with Crippen LogP contribution in [0.4, 0.5) is 17.3 Å². The summed E-state index contributed by atoms with van der Waals surface area (Å²) in [5.41, 5.74) is 8.70. The highest BCUT2D eigenvalue weighted by atomic mass is 16.5. The molecule has 0 aromatic carbocycles. The molecular weight excluding hydrogens is 406 g/mol. The summed E-state index contributed by atoms with van der Waals surface area (Å²) in [6.45, 7) is 3.67. The van der Waals surface area contributed by atoms with Gasteiger partial charge in [-0.05, 0) is 25.2 Å². The Bertz CT molecular complexity index is 1300. The zero-order valence-electron chi connectivity index (χ0n) is 18.1. The number of rotatable bonds is 3. The first-order valence-corrected chi connectivity index (χ1v) is 10.7.